The number of alkyl halides is 1. The van der Waals surface area contributed by atoms with Gasteiger partial charge in [-0.1, -0.05) is 58.4 Å². The first-order valence-electron chi connectivity index (χ1n) is 6.09. The molecule has 4 heteroatoms. The van der Waals surface area contributed by atoms with Crippen LogP contribution in [0.4, 0.5) is 5.69 Å². The minimum Gasteiger partial charge on any atom is -0.258 e. The van der Waals surface area contributed by atoms with Gasteiger partial charge in [-0.2, -0.15) is 0 Å². The van der Waals surface area contributed by atoms with E-state index < -0.39 is 0 Å². The van der Waals surface area contributed by atoms with Crippen molar-refractivity contribution in [1.82, 2.24) is 0 Å². The number of nitro groups is 1. The zero-order chi connectivity index (χ0) is 13.7. The van der Waals surface area contributed by atoms with Gasteiger partial charge in [-0.25, -0.2) is 0 Å². The van der Waals surface area contributed by atoms with Crippen molar-refractivity contribution in [1.29, 1.82) is 0 Å². The summed E-state index contributed by atoms with van der Waals surface area (Å²) in [6, 6.07) is 17.0. The van der Waals surface area contributed by atoms with Gasteiger partial charge >= 0.3 is 0 Å². The first-order chi connectivity index (χ1) is 9.16. The molecule has 0 aromatic heterocycles. The van der Waals surface area contributed by atoms with Crippen LogP contribution in [0.25, 0.3) is 0 Å². The van der Waals surface area contributed by atoms with Crippen LogP contribution in [0.5, 0.6) is 0 Å². The van der Waals surface area contributed by atoms with Crippen molar-refractivity contribution in [2.45, 2.75) is 17.7 Å². The Labute approximate surface area is 120 Å². The molecule has 2 aromatic rings. The Kier molecular flexibility index (Phi) is 4.68. The molecule has 2 rings (SSSR count). The van der Waals surface area contributed by atoms with E-state index in [-0.39, 0.29) is 10.6 Å². The van der Waals surface area contributed by atoms with Crippen molar-refractivity contribution < 1.29 is 4.92 Å². The lowest BCUT2D eigenvalue weighted by atomic mass is 10.0. The van der Waals surface area contributed by atoms with Crippen LogP contribution in [-0.2, 0) is 6.42 Å². The fourth-order valence-corrected chi connectivity index (χ4v) is 2.44. The Morgan fingerprint density at radius 1 is 1.05 bits per heavy atom. The van der Waals surface area contributed by atoms with Crippen LogP contribution in [0.15, 0.2) is 54.6 Å². The zero-order valence-electron chi connectivity index (χ0n) is 10.3. The number of aryl methyl sites for hydroxylation is 1. The Bertz CT molecular complexity index is 540. The van der Waals surface area contributed by atoms with Gasteiger partial charge in [0.2, 0.25) is 0 Å². The van der Waals surface area contributed by atoms with Gasteiger partial charge in [-0.15, -0.1) is 0 Å². The van der Waals surface area contributed by atoms with Gasteiger partial charge in [0, 0.05) is 17.0 Å². The molecule has 1 unspecified atom stereocenters. The third kappa shape index (κ3) is 3.89. The normalized spacial score (nSPS) is 12.1. The van der Waals surface area contributed by atoms with Crippen LogP contribution in [-0.4, -0.2) is 4.92 Å². The molecule has 0 bridgehead atoms. The summed E-state index contributed by atoms with van der Waals surface area (Å²) in [5, 5.41) is 10.6. The molecule has 0 N–H and O–H groups in total. The summed E-state index contributed by atoms with van der Waals surface area (Å²) in [6.45, 7) is 0. The number of benzene rings is 2. The molecule has 0 radical (unpaired) electrons. The van der Waals surface area contributed by atoms with Crippen molar-refractivity contribution >= 4 is 21.6 Å². The summed E-state index contributed by atoms with van der Waals surface area (Å²) >= 11 is 3.67. The molecule has 2 aromatic carbocycles. The summed E-state index contributed by atoms with van der Waals surface area (Å²) < 4.78 is 0. The van der Waals surface area contributed by atoms with E-state index >= 15 is 0 Å². The van der Waals surface area contributed by atoms with Gasteiger partial charge in [0.05, 0.1) is 4.92 Å². The first kappa shape index (κ1) is 13.7. The highest BCUT2D eigenvalue weighted by Crippen LogP contribution is 2.27. The van der Waals surface area contributed by atoms with E-state index in [4.69, 9.17) is 0 Å². The first-order valence-corrected chi connectivity index (χ1v) is 7.01. The molecular formula is C15H14BrNO2. The van der Waals surface area contributed by atoms with Gasteiger partial charge in [0.15, 0.2) is 0 Å². The molecule has 0 amide bonds. The van der Waals surface area contributed by atoms with Crippen molar-refractivity contribution in [3.05, 3.63) is 75.8 Å². The van der Waals surface area contributed by atoms with E-state index in [1.54, 1.807) is 12.1 Å². The van der Waals surface area contributed by atoms with Crippen LogP contribution in [0.1, 0.15) is 22.4 Å². The second-order valence-corrected chi connectivity index (χ2v) is 5.45. The van der Waals surface area contributed by atoms with Crippen molar-refractivity contribution in [3.8, 4) is 0 Å². The predicted molar refractivity (Wildman–Crippen MR) is 79.5 cm³/mol. The van der Waals surface area contributed by atoms with Crippen LogP contribution in [0, 0.1) is 10.1 Å². The maximum absolute atomic E-state index is 10.6. The number of hydrogen-bond donors (Lipinski definition) is 0. The molecule has 3 nitrogen and oxygen atoms in total. The number of rotatable bonds is 5. The number of non-ortho nitro benzene ring substituents is 1. The highest BCUT2D eigenvalue weighted by Gasteiger charge is 2.08. The quantitative estimate of drug-likeness (QED) is 0.457. The van der Waals surface area contributed by atoms with Crippen molar-refractivity contribution in [2.75, 3.05) is 0 Å². The Morgan fingerprint density at radius 2 is 1.68 bits per heavy atom. The Balaban J connectivity index is 1.93. The lowest BCUT2D eigenvalue weighted by molar-refractivity contribution is -0.384. The van der Waals surface area contributed by atoms with E-state index in [1.165, 1.54) is 5.56 Å². The molecule has 0 spiro atoms. The van der Waals surface area contributed by atoms with Gasteiger partial charge in [0.25, 0.3) is 5.69 Å². The van der Waals surface area contributed by atoms with Crippen LogP contribution in [0.2, 0.25) is 0 Å². The molecule has 0 fully saturated rings. The maximum Gasteiger partial charge on any atom is 0.269 e. The fraction of sp³-hybridized carbons (Fsp3) is 0.200. The Morgan fingerprint density at radius 3 is 2.26 bits per heavy atom. The van der Waals surface area contributed by atoms with Crippen LogP contribution < -0.4 is 0 Å². The number of nitro benzene ring substituents is 1. The SMILES string of the molecule is O=[N+]([O-])c1ccc(CCC(Br)c2ccccc2)cc1. The van der Waals surface area contributed by atoms with E-state index in [0.29, 0.717) is 4.83 Å². The van der Waals surface area contributed by atoms with E-state index in [9.17, 15) is 10.1 Å². The number of halogens is 1. The predicted octanol–water partition coefficient (Wildman–Crippen LogP) is 4.66. The maximum atomic E-state index is 10.6. The summed E-state index contributed by atoms with van der Waals surface area (Å²) in [6.07, 6.45) is 1.85. The third-order valence-corrected chi connectivity index (χ3v) is 3.98. The summed E-state index contributed by atoms with van der Waals surface area (Å²) in [5.74, 6) is 0. The lowest BCUT2D eigenvalue weighted by Crippen LogP contribution is -1.94. The average Bonchev–Trinajstić information content (AvgIpc) is 2.46. The van der Waals surface area contributed by atoms with Crippen molar-refractivity contribution in [3.63, 3.8) is 0 Å². The fourth-order valence-electron chi connectivity index (χ4n) is 1.91. The number of hydrogen-bond acceptors (Lipinski definition) is 2. The highest BCUT2D eigenvalue weighted by molar-refractivity contribution is 9.09. The molecule has 0 saturated carbocycles. The van der Waals surface area contributed by atoms with Gasteiger partial charge < -0.3 is 0 Å². The van der Waals surface area contributed by atoms with Crippen LogP contribution in [0.3, 0.4) is 0 Å². The Hall–Kier alpha value is -1.68. The molecular weight excluding hydrogens is 306 g/mol. The van der Waals surface area contributed by atoms with Crippen molar-refractivity contribution in [2.24, 2.45) is 0 Å². The average molecular weight is 320 g/mol. The van der Waals surface area contributed by atoms with Gasteiger partial charge in [-0.05, 0) is 24.0 Å². The largest absolute Gasteiger partial charge is 0.269 e. The van der Waals surface area contributed by atoms with E-state index in [2.05, 4.69) is 28.1 Å². The second kappa shape index (κ2) is 6.48. The molecule has 0 aliphatic rings. The summed E-state index contributed by atoms with van der Waals surface area (Å²) in [4.78, 5) is 10.5. The second-order valence-electron chi connectivity index (χ2n) is 4.34. The summed E-state index contributed by atoms with van der Waals surface area (Å²) in [5.41, 5.74) is 2.51. The standard InChI is InChI=1S/C15H14BrNO2/c16-15(13-4-2-1-3-5-13)11-8-12-6-9-14(10-7-12)17(18)19/h1-7,9-10,15H,8,11H2. The molecule has 0 heterocycles. The van der Waals surface area contributed by atoms with Gasteiger partial charge in [0.1, 0.15) is 0 Å². The summed E-state index contributed by atoms with van der Waals surface area (Å²) in [7, 11) is 0. The van der Waals surface area contributed by atoms with Gasteiger partial charge in [-0.3, -0.25) is 10.1 Å². The minimum atomic E-state index is -0.374. The lowest BCUT2D eigenvalue weighted by Gasteiger charge is -2.09. The monoisotopic (exact) mass is 319 g/mol. The topological polar surface area (TPSA) is 43.1 Å². The van der Waals surface area contributed by atoms with E-state index in [0.717, 1.165) is 18.4 Å². The minimum absolute atomic E-state index is 0.141. The molecule has 0 saturated heterocycles. The number of nitrogens with zero attached hydrogens (tertiary/aromatic N) is 1. The zero-order valence-corrected chi connectivity index (χ0v) is 11.9. The molecule has 1 atom stereocenters. The highest BCUT2D eigenvalue weighted by atomic mass is 79.9. The molecule has 98 valence electrons. The molecule has 0 aliphatic heterocycles. The smallest absolute Gasteiger partial charge is 0.258 e. The van der Waals surface area contributed by atoms with E-state index in [1.807, 2.05) is 30.3 Å². The third-order valence-electron chi connectivity index (χ3n) is 2.99. The molecule has 0 aliphatic carbocycles. The molecule has 19 heavy (non-hydrogen) atoms. The van der Waals surface area contributed by atoms with Crippen LogP contribution >= 0.6 is 15.9 Å².